The summed E-state index contributed by atoms with van der Waals surface area (Å²) in [5.74, 6) is -7.11. The van der Waals surface area contributed by atoms with Gasteiger partial charge >= 0.3 is 35.1 Å². The Hall–Kier alpha value is -12.5. The Morgan fingerprint density at radius 3 is 0.989 bits per heavy atom. The number of carbonyl (C=O) groups excluding carboxylic acids is 6. The normalized spacial score (nSPS) is 14.8. The molecule has 92 heavy (non-hydrogen) atoms. The van der Waals surface area contributed by atoms with Crippen LogP contribution in [0.1, 0.15) is 75.2 Å². The van der Waals surface area contributed by atoms with Crippen molar-refractivity contribution in [2.24, 2.45) is 0 Å². The van der Waals surface area contributed by atoms with Crippen molar-refractivity contribution in [2.75, 3.05) is 0 Å². The highest BCUT2D eigenvalue weighted by atomic mass is 32.1. The zero-order valence-electron chi connectivity index (χ0n) is 47.7. The van der Waals surface area contributed by atoms with E-state index >= 15 is 19.2 Å². The molecule has 4 heterocycles. The van der Waals surface area contributed by atoms with Gasteiger partial charge < -0.3 is 28.4 Å². The number of hydrogen-bond donors (Lipinski definition) is 0. The highest BCUT2D eigenvalue weighted by Gasteiger charge is 2.63. The SMILES string of the molecule is N#CC(C#N)=C1/C(=C/c2nc3c(s2)-c2cc4c(cc2C(C(=O)OCc2ccccc2)(C(=O)OCc2ccccc2)O3)-c2sc(/C=C3\C(=O)c5ccccc5C3=C(C#N)C#N)nc2OC4(C(=O)OCc2ccccc2)C(=O)OCc2ccccc2)C(=O)c2ccccc21. The van der Waals surface area contributed by atoms with Crippen molar-refractivity contribution in [3.8, 4) is 56.9 Å². The summed E-state index contributed by atoms with van der Waals surface area (Å²) in [7, 11) is 0. The number of allylic oxidation sites excluding steroid dienone is 6. The van der Waals surface area contributed by atoms with Gasteiger partial charge in [-0.25, -0.2) is 29.1 Å². The molecule has 2 aromatic heterocycles. The Labute approximate surface area is 531 Å². The molecule has 7 aromatic carbocycles. The van der Waals surface area contributed by atoms with Crippen LogP contribution in [0, 0.1) is 45.3 Å². The molecular weight excluding hydrogens is 1200 g/mol. The van der Waals surface area contributed by atoms with Crippen LogP contribution in [0.15, 0.2) is 204 Å². The monoisotopic (exact) mass is 1240 g/mol. The number of ketones is 2. The standard InChI is InChI=1S/C72H40N6O12S2/c73-33-45(34-74)59-47-25-13-15-27-49(47)61(79)53(59)31-57-77-65-63(91-57)51-30-56-52(29-55(51)71(89-65,67(81)85-37-41-17-5-1-6-18-41)68(82)86-38-42-19-7-2-8-20-42)64-66(78-58(92-64)32-54-60(46(35-75)36-76)48-26-14-16-28-50(48)62(54)80)90-72(56,69(83)87-39-43-21-9-3-10-22-43)70(84)88-40-44-23-11-4-12-24-44/h1-32H,37-40H2/b53-31-,54-32-. The molecule has 442 valence electrons. The molecule has 0 atom stereocenters. The highest BCUT2D eigenvalue weighted by Crippen LogP contribution is 2.57. The molecule has 0 amide bonds. The van der Waals surface area contributed by atoms with E-state index in [2.05, 4.69) is 0 Å². The van der Waals surface area contributed by atoms with Crippen molar-refractivity contribution < 1.29 is 57.2 Å². The van der Waals surface area contributed by atoms with Crippen molar-refractivity contribution >= 4 is 81.4 Å². The van der Waals surface area contributed by atoms with Crippen molar-refractivity contribution in [1.82, 2.24) is 9.97 Å². The topological polar surface area (TPSA) is 279 Å². The Morgan fingerprint density at radius 2 is 0.696 bits per heavy atom. The van der Waals surface area contributed by atoms with E-state index in [0.29, 0.717) is 33.4 Å². The van der Waals surface area contributed by atoms with Crippen molar-refractivity contribution in [1.29, 1.82) is 21.0 Å². The maximum absolute atomic E-state index is 15.7. The van der Waals surface area contributed by atoms with Gasteiger partial charge in [0.15, 0.2) is 11.6 Å². The number of fused-ring (bicyclic) bond motifs is 8. The molecule has 0 saturated heterocycles. The fourth-order valence-electron chi connectivity index (χ4n) is 11.2. The van der Waals surface area contributed by atoms with Gasteiger partial charge in [0.05, 0.1) is 9.75 Å². The van der Waals surface area contributed by atoms with Crippen LogP contribution in [0.2, 0.25) is 0 Å². The molecule has 18 nitrogen and oxygen atoms in total. The summed E-state index contributed by atoms with van der Waals surface area (Å²) in [4.78, 5) is 101. The van der Waals surface area contributed by atoms with Crippen molar-refractivity contribution in [3.63, 3.8) is 0 Å². The minimum atomic E-state index is -2.98. The number of ether oxygens (including phenoxy) is 6. The minimum absolute atomic E-state index is 0.00359. The lowest BCUT2D eigenvalue weighted by Crippen LogP contribution is -2.54. The van der Waals surface area contributed by atoms with Gasteiger partial charge in [0.1, 0.15) is 71.9 Å². The maximum atomic E-state index is 15.7. The van der Waals surface area contributed by atoms with Gasteiger partial charge in [-0.3, -0.25) is 9.59 Å². The van der Waals surface area contributed by atoms with E-state index in [-0.39, 0.29) is 86.6 Å². The summed E-state index contributed by atoms with van der Waals surface area (Å²) in [6, 6.07) is 57.5. The van der Waals surface area contributed by atoms with Crippen LogP contribution in [-0.2, 0) is 75.8 Å². The second-order valence-electron chi connectivity index (χ2n) is 20.9. The number of carbonyl (C=O) groups is 6. The van der Waals surface area contributed by atoms with Crippen LogP contribution in [-0.4, -0.2) is 45.4 Å². The zero-order valence-corrected chi connectivity index (χ0v) is 49.3. The third kappa shape index (κ3) is 10.2. The molecule has 0 radical (unpaired) electrons. The van der Waals surface area contributed by atoms with Crippen LogP contribution in [0.5, 0.6) is 11.8 Å². The third-order valence-electron chi connectivity index (χ3n) is 15.5. The second-order valence-corrected chi connectivity index (χ2v) is 23.0. The van der Waals surface area contributed by atoms with Crippen LogP contribution in [0.3, 0.4) is 0 Å². The fraction of sp³-hybridized carbons (Fsp3) is 0.0833. The number of nitrogens with zero attached hydrogens (tertiary/aromatic N) is 6. The zero-order chi connectivity index (χ0) is 63.7. The fourth-order valence-corrected chi connectivity index (χ4v) is 13.2. The molecule has 0 spiro atoms. The van der Waals surface area contributed by atoms with Crippen molar-refractivity contribution in [3.05, 3.63) is 270 Å². The number of thiazole rings is 2. The Kier molecular flexibility index (Phi) is 15.4. The lowest BCUT2D eigenvalue weighted by atomic mass is 9.79. The number of Topliss-reactive ketones (excluding diaryl/α,β-unsaturated/α-hetero) is 2. The van der Waals surface area contributed by atoms with Crippen LogP contribution in [0.25, 0.3) is 44.2 Å². The predicted molar refractivity (Wildman–Crippen MR) is 332 cm³/mol. The van der Waals surface area contributed by atoms with Gasteiger partial charge in [-0.2, -0.15) is 21.0 Å². The molecule has 9 aromatic rings. The Balaban J connectivity index is 1.08. The van der Waals surface area contributed by atoms with Gasteiger partial charge in [-0.15, -0.1) is 22.7 Å². The lowest BCUT2D eigenvalue weighted by molar-refractivity contribution is -0.185. The number of rotatable bonds is 14. The summed E-state index contributed by atoms with van der Waals surface area (Å²) in [6.07, 6.45) is 2.69. The van der Waals surface area contributed by atoms with Crippen LogP contribution in [0.4, 0.5) is 0 Å². The number of benzene rings is 7. The number of aromatic nitrogens is 2. The summed E-state index contributed by atoms with van der Waals surface area (Å²) in [5.41, 5.74) is -4.40. The molecule has 0 N–H and O–H groups in total. The van der Waals surface area contributed by atoms with Gasteiger partial charge in [0, 0.05) is 55.7 Å². The van der Waals surface area contributed by atoms with Crippen LogP contribution < -0.4 is 9.47 Å². The molecule has 20 heteroatoms. The molecular formula is C72H40N6O12S2. The first-order valence-electron chi connectivity index (χ1n) is 28.1. The summed E-state index contributed by atoms with van der Waals surface area (Å²) in [5, 5.41) is 40.9. The first-order chi connectivity index (χ1) is 44.9. The minimum Gasteiger partial charge on any atom is -0.457 e. The number of nitriles is 4. The Morgan fingerprint density at radius 1 is 0.413 bits per heavy atom. The first-order valence-corrected chi connectivity index (χ1v) is 29.8. The van der Waals surface area contributed by atoms with Gasteiger partial charge in [-0.05, 0) is 57.7 Å². The van der Waals surface area contributed by atoms with Gasteiger partial charge in [0.2, 0.25) is 11.8 Å². The molecule has 2 aliphatic heterocycles. The summed E-state index contributed by atoms with van der Waals surface area (Å²) < 4.78 is 38.0. The van der Waals surface area contributed by atoms with Crippen molar-refractivity contribution in [2.45, 2.75) is 37.6 Å². The molecule has 0 saturated carbocycles. The smallest absolute Gasteiger partial charge is 0.367 e. The number of esters is 4. The maximum Gasteiger partial charge on any atom is 0.367 e. The van der Waals surface area contributed by atoms with E-state index in [0.717, 1.165) is 22.7 Å². The molecule has 2 aliphatic carbocycles. The van der Waals surface area contributed by atoms with E-state index in [1.165, 1.54) is 24.3 Å². The lowest BCUT2D eigenvalue weighted by Gasteiger charge is -2.38. The summed E-state index contributed by atoms with van der Waals surface area (Å²) >= 11 is 1.76. The van der Waals surface area contributed by atoms with E-state index in [1.807, 2.05) is 24.3 Å². The van der Waals surface area contributed by atoms with Gasteiger partial charge in [0.25, 0.3) is 0 Å². The number of hydrogen-bond acceptors (Lipinski definition) is 20. The molecule has 13 rings (SSSR count). The molecule has 0 bridgehead atoms. The highest BCUT2D eigenvalue weighted by molar-refractivity contribution is 7.17. The van der Waals surface area contributed by atoms with Gasteiger partial charge in [-0.1, -0.05) is 170 Å². The van der Waals surface area contributed by atoms with Crippen LogP contribution >= 0.6 is 22.7 Å². The first kappa shape index (κ1) is 58.6. The molecule has 0 fully saturated rings. The molecule has 4 aliphatic rings. The largest absolute Gasteiger partial charge is 0.457 e. The second kappa shape index (κ2) is 24.3. The van der Waals surface area contributed by atoms with E-state index < -0.39 is 84.8 Å². The third-order valence-corrected chi connectivity index (χ3v) is 17.6. The molecule has 0 unspecified atom stereocenters. The quantitative estimate of drug-likeness (QED) is 0.0321. The van der Waals surface area contributed by atoms with E-state index in [4.69, 9.17) is 38.4 Å². The predicted octanol–water partition coefficient (Wildman–Crippen LogP) is 12.2. The summed E-state index contributed by atoms with van der Waals surface area (Å²) in [6.45, 7) is -1.60. The average Bonchev–Trinajstić information content (AvgIpc) is 1.12. The average molecular weight is 1250 g/mol. The Bertz CT molecular complexity index is 4490. The van der Waals surface area contributed by atoms with E-state index in [9.17, 15) is 30.6 Å². The van der Waals surface area contributed by atoms with E-state index in [1.54, 1.807) is 170 Å².